The van der Waals surface area contributed by atoms with Crippen LogP contribution >= 0.6 is 0 Å². The fraction of sp³-hybridized carbons (Fsp3) is 0.976. The van der Waals surface area contributed by atoms with Gasteiger partial charge in [-0.25, -0.2) is 0 Å². The summed E-state index contributed by atoms with van der Waals surface area (Å²) in [6.45, 7) is 5.02. The Morgan fingerprint density at radius 1 is 0.264 bits per heavy atom. The third kappa shape index (κ3) is 77.7. The van der Waals surface area contributed by atoms with Gasteiger partial charge in [-0.1, -0.05) is 470 Å². The van der Waals surface area contributed by atoms with Crippen LogP contribution in [0.3, 0.4) is 0 Å². The number of amides is 1. The molecule has 6 heteroatoms. The molecular formula is C85H169NO5. The summed E-state index contributed by atoms with van der Waals surface area (Å²) in [4.78, 5) is 24.7. The molecule has 0 radical (unpaired) electrons. The molecule has 0 aromatic heterocycles. The van der Waals surface area contributed by atoms with Gasteiger partial charge in [-0.3, -0.25) is 9.59 Å². The molecule has 0 aliphatic rings. The van der Waals surface area contributed by atoms with Gasteiger partial charge in [-0.15, -0.1) is 0 Å². The van der Waals surface area contributed by atoms with Gasteiger partial charge in [0.2, 0.25) is 5.91 Å². The highest BCUT2D eigenvalue weighted by molar-refractivity contribution is 5.76. The number of aliphatic hydroxyl groups excluding tert-OH is 2. The number of esters is 1. The number of hydrogen-bond acceptors (Lipinski definition) is 5. The molecule has 6 nitrogen and oxygen atoms in total. The van der Waals surface area contributed by atoms with Crippen molar-refractivity contribution in [2.75, 3.05) is 13.2 Å². The molecule has 0 aromatic rings. The molecule has 1 amide bonds. The quantitative estimate of drug-likeness (QED) is 0.0417. The average molecular weight is 1290 g/mol. The van der Waals surface area contributed by atoms with Gasteiger partial charge in [-0.05, 0) is 25.7 Å². The average Bonchev–Trinajstić information content (AvgIpc) is 3.67. The Hall–Kier alpha value is -1.14. The lowest BCUT2D eigenvalue weighted by atomic mass is 10.0. The lowest BCUT2D eigenvalue weighted by molar-refractivity contribution is -0.143. The first-order valence-corrected chi connectivity index (χ1v) is 42.8. The van der Waals surface area contributed by atoms with E-state index >= 15 is 0 Å². The summed E-state index contributed by atoms with van der Waals surface area (Å²) < 4.78 is 5.53. The molecular weight excluding hydrogens is 1110 g/mol. The number of aliphatic hydroxyl groups is 2. The van der Waals surface area contributed by atoms with E-state index in [2.05, 4.69) is 19.2 Å². The van der Waals surface area contributed by atoms with Gasteiger partial charge in [0.15, 0.2) is 0 Å². The molecule has 0 heterocycles. The lowest BCUT2D eigenvalue weighted by Crippen LogP contribution is -2.45. The fourth-order valence-corrected chi connectivity index (χ4v) is 14.2. The number of rotatable bonds is 82. The van der Waals surface area contributed by atoms with Crippen molar-refractivity contribution in [3.05, 3.63) is 0 Å². The molecule has 544 valence electrons. The van der Waals surface area contributed by atoms with E-state index in [0.29, 0.717) is 25.9 Å². The Bertz CT molecular complexity index is 1340. The molecule has 0 aliphatic heterocycles. The van der Waals surface area contributed by atoms with E-state index in [4.69, 9.17) is 4.74 Å². The summed E-state index contributed by atoms with van der Waals surface area (Å²) in [5, 5.41) is 23.4. The fourth-order valence-electron chi connectivity index (χ4n) is 14.2. The predicted octanol–water partition coefficient (Wildman–Crippen LogP) is 28.4. The van der Waals surface area contributed by atoms with Crippen molar-refractivity contribution in [2.24, 2.45) is 0 Å². The van der Waals surface area contributed by atoms with Crippen molar-refractivity contribution < 1.29 is 24.5 Å². The molecule has 0 saturated carbocycles. The van der Waals surface area contributed by atoms with Crippen molar-refractivity contribution in [2.45, 2.75) is 520 Å². The van der Waals surface area contributed by atoms with E-state index in [-0.39, 0.29) is 18.5 Å². The molecule has 0 rings (SSSR count). The van der Waals surface area contributed by atoms with Crippen molar-refractivity contribution in [3.63, 3.8) is 0 Å². The molecule has 2 unspecified atom stereocenters. The predicted molar refractivity (Wildman–Crippen MR) is 403 cm³/mol. The minimum atomic E-state index is -0.659. The maximum Gasteiger partial charge on any atom is 0.305 e. The Morgan fingerprint density at radius 3 is 0.670 bits per heavy atom. The zero-order chi connectivity index (χ0) is 65.6. The topological polar surface area (TPSA) is 95.9 Å². The van der Waals surface area contributed by atoms with Gasteiger partial charge < -0.3 is 20.3 Å². The van der Waals surface area contributed by atoms with E-state index < -0.39 is 12.1 Å². The molecule has 0 spiro atoms. The summed E-state index contributed by atoms with van der Waals surface area (Å²) in [5.41, 5.74) is 0. The van der Waals surface area contributed by atoms with Crippen LogP contribution in [-0.4, -0.2) is 47.4 Å². The summed E-state index contributed by atoms with van der Waals surface area (Å²) in [6, 6.07) is -0.536. The minimum absolute atomic E-state index is 0.0239. The second kappa shape index (κ2) is 81.3. The van der Waals surface area contributed by atoms with Crippen LogP contribution in [0.2, 0.25) is 0 Å². The Balaban J connectivity index is 3.26. The van der Waals surface area contributed by atoms with Gasteiger partial charge in [0.05, 0.1) is 25.4 Å². The molecule has 0 aromatic carbocycles. The molecule has 0 aliphatic carbocycles. The van der Waals surface area contributed by atoms with Crippen LogP contribution < -0.4 is 5.32 Å². The first kappa shape index (κ1) is 89.9. The van der Waals surface area contributed by atoms with E-state index in [0.717, 1.165) is 38.5 Å². The highest BCUT2D eigenvalue weighted by atomic mass is 16.5. The molecule has 91 heavy (non-hydrogen) atoms. The zero-order valence-electron chi connectivity index (χ0n) is 62.6. The largest absolute Gasteiger partial charge is 0.466 e. The summed E-state index contributed by atoms with van der Waals surface area (Å²) in [6.07, 6.45) is 102. The van der Waals surface area contributed by atoms with E-state index in [1.165, 1.54) is 437 Å². The van der Waals surface area contributed by atoms with Gasteiger partial charge >= 0.3 is 5.97 Å². The highest BCUT2D eigenvalue weighted by Crippen LogP contribution is 2.21. The Kier molecular flexibility index (Phi) is 80.3. The number of unbranched alkanes of at least 4 members (excludes halogenated alkanes) is 71. The van der Waals surface area contributed by atoms with Gasteiger partial charge in [0, 0.05) is 12.8 Å². The third-order valence-electron chi connectivity index (χ3n) is 20.7. The van der Waals surface area contributed by atoms with Crippen LogP contribution in [0.1, 0.15) is 508 Å². The molecule has 0 bridgehead atoms. The Morgan fingerprint density at radius 2 is 0.451 bits per heavy atom. The summed E-state index contributed by atoms with van der Waals surface area (Å²) in [5.74, 6) is 0.00656. The van der Waals surface area contributed by atoms with E-state index in [1.54, 1.807) is 0 Å². The number of nitrogens with one attached hydrogen (secondary N) is 1. The maximum absolute atomic E-state index is 12.5. The Labute approximate surface area is 572 Å². The number of ether oxygens (including phenoxy) is 1. The van der Waals surface area contributed by atoms with Crippen LogP contribution in [0.15, 0.2) is 0 Å². The van der Waals surface area contributed by atoms with Crippen LogP contribution in [0.4, 0.5) is 0 Å². The molecule has 2 atom stereocenters. The second-order valence-corrected chi connectivity index (χ2v) is 29.9. The number of carbonyl (C=O) groups is 2. The zero-order valence-corrected chi connectivity index (χ0v) is 62.6. The molecule has 3 N–H and O–H groups in total. The molecule has 0 saturated heterocycles. The SMILES string of the molecule is CCCCCCCCCCCCCCCCCCCCCC(=O)OCCCCCCCCCCCCCCCCCCCCCCCCCCCCCCCCCCCCCCCCCC(=O)NC(CO)C(O)CCCCCCCCCCCCCCCCCC. The van der Waals surface area contributed by atoms with Crippen LogP contribution in [-0.2, 0) is 14.3 Å². The van der Waals surface area contributed by atoms with Crippen molar-refractivity contribution in [1.29, 1.82) is 0 Å². The molecule has 0 fully saturated rings. The summed E-state index contributed by atoms with van der Waals surface area (Å²) >= 11 is 0. The smallest absolute Gasteiger partial charge is 0.305 e. The van der Waals surface area contributed by atoms with Gasteiger partial charge in [0.25, 0.3) is 0 Å². The standard InChI is InChI=1S/C85H169NO5/c1-3-5-7-9-11-13-15-17-19-21-43-47-51-55-59-63-67-71-75-79-85(90)91-80-76-72-68-64-60-56-52-48-45-42-40-38-36-34-32-30-28-26-24-22-23-25-27-29-31-33-35-37-39-41-44-46-50-54-58-62-66-70-74-78-84(89)86-82(81-87)83(88)77-73-69-65-61-57-53-49-20-18-16-14-12-10-8-6-4-2/h82-83,87-88H,3-81H2,1-2H3,(H,86,89). The van der Waals surface area contributed by atoms with E-state index in [1.807, 2.05) is 0 Å². The monoisotopic (exact) mass is 1280 g/mol. The maximum atomic E-state index is 12.5. The highest BCUT2D eigenvalue weighted by Gasteiger charge is 2.20. The van der Waals surface area contributed by atoms with Crippen molar-refractivity contribution in [1.82, 2.24) is 5.32 Å². The summed E-state index contributed by atoms with van der Waals surface area (Å²) in [7, 11) is 0. The van der Waals surface area contributed by atoms with E-state index in [9.17, 15) is 19.8 Å². The van der Waals surface area contributed by atoms with Gasteiger partial charge in [-0.2, -0.15) is 0 Å². The number of carbonyl (C=O) groups excluding carboxylic acids is 2. The third-order valence-corrected chi connectivity index (χ3v) is 20.7. The van der Waals surface area contributed by atoms with Crippen LogP contribution in [0.5, 0.6) is 0 Å². The number of hydrogen-bond donors (Lipinski definition) is 3. The van der Waals surface area contributed by atoms with Crippen LogP contribution in [0, 0.1) is 0 Å². The van der Waals surface area contributed by atoms with Crippen molar-refractivity contribution in [3.8, 4) is 0 Å². The first-order chi connectivity index (χ1) is 45.0. The minimum Gasteiger partial charge on any atom is -0.466 e. The van der Waals surface area contributed by atoms with Crippen molar-refractivity contribution >= 4 is 11.9 Å². The first-order valence-electron chi connectivity index (χ1n) is 42.8. The van der Waals surface area contributed by atoms with Crippen LogP contribution in [0.25, 0.3) is 0 Å². The second-order valence-electron chi connectivity index (χ2n) is 29.9. The normalized spacial score (nSPS) is 12.4. The van der Waals surface area contributed by atoms with Gasteiger partial charge in [0.1, 0.15) is 0 Å². The lowest BCUT2D eigenvalue weighted by Gasteiger charge is -2.22.